The van der Waals surface area contributed by atoms with Crippen LogP contribution < -0.4 is 5.32 Å². The molecule has 4 rings (SSSR count). The number of carbonyl (C=O) groups is 1. The number of hydrogen-bond acceptors (Lipinski definition) is 4. The van der Waals surface area contributed by atoms with Gasteiger partial charge >= 0.3 is 0 Å². The Balaban J connectivity index is 1.58. The number of nitrogens with one attached hydrogen (secondary N) is 1. The summed E-state index contributed by atoms with van der Waals surface area (Å²) in [7, 11) is 0. The number of halogens is 1. The Kier molecular flexibility index (Phi) is 6.16. The molecule has 0 aliphatic rings. The maximum atomic E-state index is 12.4. The van der Waals surface area contributed by atoms with Crippen LogP contribution in [0.1, 0.15) is 5.56 Å². The summed E-state index contributed by atoms with van der Waals surface area (Å²) in [6.45, 7) is 2.01. The highest BCUT2D eigenvalue weighted by molar-refractivity contribution is 7.99. The predicted octanol–water partition coefficient (Wildman–Crippen LogP) is 5.63. The lowest BCUT2D eigenvalue weighted by Crippen LogP contribution is -2.14. The zero-order chi connectivity index (χ0) is 20.9. The minimum atomic E-state index is -0.101. The number of para-hydroxylation sites is 1. The standard InChI is InChI=1S/C23H19ClN4OS/c1-16-10-12-19(13-11-16)25-21(29)15-30-23-27-26-22(17-6-5-7-18(24)14-17)28(23)20-8-3-2-4-9-20/h2-14H,15H2,1H3,(H,25,29). The maximum Gasteiger partial charge on any atom is 0.234 e. The fraction of sp³-hybridized carbons (Fsp3) is 0.0870. The van der Waals surface area contributed by atoms with Gasteiger partial charge in [0.2, 0.25) is 5.91 Å². The van der Waals surface area contributed by atoms with Gasteiger partial charge in [-0.05, 0) is 43.3 Å². The SMILES string of the molecule is Cc1ccc(NC(=O)CSc2nnc(-c3cccc(Cl)c3)n2-c2ccccc2)cc1. The molecular weight excluding hydrogens is 416 g/mol. The molecule has 1 aromatic heterocycles. The van der Waals surface area contributed by atoms with Crippen molar-refractivity contribution in [1.82, 2.24) is 14.8 Å². The van der Waals surface area contributed by atoms with Gasteiger partial charge in [-0.3, -0.25) is 9.36 Å². The molecule has 7 heteroatoms. The number of aromatic nitrogens is 3. The lowest BCUT2D eigenvalue weighted by atomic mass is 10.2. The van der Waals surface area contributed by atoms with Crippen molar-refractivity contribution in [3.05, 3.63) is 89.4 Å². The average molecular weight is 435 g/mol. The third-order valence-corrected chi connectivity index (χ3v) is 5.56. The molecule has 3 aromatic carbocycles. The Morgan fingerprint density at radius 2 is 1.77 bits per heavy atom. The van der Waals surface area contributed by atoms with Gasteiger partial charge in [0.25, 0.3) is 0 Å². The number of benzene rings is 3. The second kappa shape index (κ2) is 9.15. The zero-order valence-corrected chi connectivity index (χ0v) is 17.8. The summed E-state index contributed by atoms with van der Waals surface area (Å²) in [5.74, 6) is 0.787. The number of carbonyl (C=O) groups excluding carboxylic acids is 1. The molecule has 1 heterocycles. The highest BCUT2D eigenvalue weighted by Gasteiger charge is 2.17. The lowest BCUT2D eigenvalue weighted by Gasteiger charge is -2.10. The Morgan fingerprint density at radius 1 is 1.00 bits per heavy atom. The first kappa shape index (κ1) is 20.2. The van der Waals surface area contributed by atoms with E-state index < -0.39 is 0 Å². The molecule has 0 spiro atoms. The molecule has 0 unspecified atom stereocenters. The molecular formula is C23H19ClN4OS. The van der Waals surface area contributed by atoms with Crippen LogP contribution in [0.4, 0.5) is 5.69 Å². The van der Waals surface area contributed by atoms with E-state index >= 15 is 0 Å². The van der Waals surface area contributed by atoms with Crippen molar-refractivity contribution in [2.45, 2.75) is 12.1 Å². The van der Waals surface area contributed by atoms with Gasteiger partial charge in [0.1, 0.15) is 0 Å². The number of rotatable bonds is 6. The molecule has 1 amide bonds. The summed E-state index contributed by atoms with van der Waals surface area (Å²) in [6, 6.07) is 25.0. The van der Waals surface area contributed by atoms with Crippen LogP contribution in [-0.4, -0.2) is 26.4 Å². The summed E-state index contributed by atoms with van der Waals surface area (Å²) in [6.07, 6.45) is 0. The fourth-order valence-electron chi connectivity index (χ4n) is 2.95. The van der Waals surface area contributed by atoms with Crippen molar-refractivity contribution in [2.24, 2.45) is 0 Å². The van der Waals surface area contributed by atoms with Crippen LogP contribution in [-0.2, 0) is 4.79 Å². The number of nitrogens with zero attached hydrogens (tertiary/aromatic N) is 3. The summed E-state index contributed by atoms with van der Waals surface area (Å²) in [4.78, 5) is 12.4. The summed E-state index contributed by atoms with van der Waals surface area (Å²) in [5.41, 5.74) is 3.69. The molecule has 0 bridgehead atoms. The number of hydrogen-bond donors (Lipinski definition) is 1. The van der Waals surface area contributed by atoms with Gasteiger partial charge in [-0.1, -0.05) is 71.4 Å². The van der Waals surface area contributed by atoms with Gasteiger partial charge in [0, 0.05) is 22.0 Å². The molecule has 5 nitrogen and oxygen atoms in total. The molecule has 0 saturated carbocycles. The molecule has 1 N–H and O–H groups in total. The molecule has 150 valence electrons. The normalized spacial score (nSPS) is 10.7. The van der Waals surface area contributed by atoms with E-state index in [9.17, 15) is 4.79 Å². The Bertz CT molecular complexity index is 1160. The Labute approximate surface area is 184 Å². The minimum Gasteiger partial charge on any atom is -0.325 e. The molecule has 30 heavy (non-hydrogen) atoms. The van der Waals surface area contributed by atoms with E-state index in [2.05, 4.69) is 15.5 Å². The molecule has 4 aromatic rings. The van der Waals surface area contributed by atoms with E-state index in [1.54, 1.807) is 0 Å². The summed E-state index contributed by atoms with van der Waals surface area (Å²) < 4.78 is 1.94. The summed E-state index contributed by atoms with van der Waals surface area (Å²) >= 11 is 7.51. The number of thioether (sulfide) groups is 1. The summed E-state index contributed by atoms with van der Waals surface area (Å²) in [5, 5.41) is 12.9. The second-order valence-electron chi connectivity index (χ2n) is 6.69. The van der Waals surface area contributed by atoms with Crippen molar-refractivity contribution >= 4 is 35.0 Å². The monoisotopic (exact) mass is 434 g/mol. The second-order valence-corrected chi connectivity index (χ2v) is 8.07. The lowest BCUT2D eigenvalue weighted by molar-refractivity contribution is -0.113. The van der Waals surface area contributed by atoms with Crippen LogP contribution in [0.5, 0.6) is 0 Å². The third kappa shape index (κ3) is 4.72. The van der Waals surface area contributed by atoms with Gasteiger partial charge in [-0.2, -0.15) is 0 Å². The van der Waals surface area contributed by atoms with E-state index in [1.807, 2.05) is 90.4 Å². The van der Waals surface area contributed by atoms with E-state index in [0.29, 0.717) is 16.0 Å². The quantitative estimate of drug-likeness (QED) is 0.400. The first-order valence-corrected chi connectivity index (χ1v) is 10.7. The van der Waals surface area contributed by atoms with Crippen LogP contribution in [0.2, 0.25) is 5.02 Å². The van der Waals surface area contributed by atoms with E-state index in [4.69, 9.17) is 11.6 Å². The van der Waals surface area contributed by atoms with Gasteiger partial charge in [0.05, 0.1) is 5.75 Å². The van der Waals surface area contributed by atoms with Crippen LogP contribution in [0.15, 0.2) is 84.0 Å². The van der Waals surface area contributed by atoms with Crippen molar-refractivity contribution in [1.29, 1.82) is 0 Å². The minimum absolute atomic E-state index is 0.101. The van der Waals surface area contributed by atoms with E-state index in [-0.39, 0.29) is 11.7 Å². The van der Waals surface area contributed by atoms with Crippen molar-refractivity contribution in [3.8, 4) is 17.1 Å². The first-order valence-electron chi connectivity index (χ1n) is 9.36. The number of aryl methyl sites for hydroxylation is 1. The maximum absolute atomic E-state index is 12.4. The van der Waals surface area contributed by atoms with Crippen LogP contribution in [0, 0.1) is 6.92 Å². The van der Waals surface area contributed by atoms with Crippen molar-refractivity contribution in [3.63, 3.8) is 0 Å². The molecule has 0 aliphatic heterocycles. The number of anilines is 1. The predicted molar refractivity (Wildman–Crippen MR) is 122 cm³/mol. The van der Waals surface area contributed by atoms with Gasteiger partial charge < -0.3 is 5.32 Å². The molecule has 0 fully saturated rings. The van der Waals surface area contributed by atoms with Gasteiger partial charge in [-0.25, -0.2) is 0 Å². The molecule has 0 saturated heterocycles. The fourth-order valence-corrected chi connectivity index (χ4v) is 3.89. The zero-order valence-electron chi connectivity index (χ0n) is 16.2. The van der Waals surface area contributed by atoms with Crippen LogP contribution >= 0.6 is 23.4 Å². The number of amides is 1. The van der Waals surface area contributed by atoms with E-state index in [0.717, 1.165) is 22.5 Å². The van der Waals surface area contributed by atoms with Crippen molar-refractivity contribution in [2.75, 3.05) is 11.1 Å². The molecule has 0 radical (unpaired) electrons. The Morgan fingerprint density at radius 3 is 2.50 bits per heavy atom. The first-order chi connectivity index (χ1) is 14.6. The highest BCUT2D eigenvalue weighted by Crippen LogP contribution is 2.29. The average Bonchev–Trinajstić information content (AvgIpc) is 3.19. The molecule has 0 atom stereocenters. The Hall–Kier alpha value is -3.09. The van der Waals surface area contributed by atoms with Gasteiger partial charge in [0.15, 0.2) is 11.0 Å². The topological polar surface area (TPSA) is 59.8 Å². The van der Waals surface area contributed by atoms with Crippen LogP contribution in [0.25, 0.3) is 17.1 Å². The smallest absolute Gasteiger partial charge is 0.234 e. The largest absolute Gasteiger partial charge is 0.325 e. The molecule has 0 aliphatic carbocycles. The van der Waals surface area contributed by atoms with Crippen molar-refractivity contribution < 1.29 is 4.79 Å². The van der Waals surface area contributed by atoms with Gasteiger partial charge in [-0.15, -0.1) is 10.2 Å². The van der Waals surface area contributed by atoms with E-state index in [1.165, 1.54) is 11.8 Å². The highest BCUT2D eigenvalue weighted by atomic mass is 35.5. The van der Waals surface area contributed by atoms with Crippen LogP contribution in [0.3, 0.4) is 0 Å². The third-order valence-electron chi connectivity index (χ3n) is 4.40.